The summed E-state index contributed by atoms with van der Waals surface area (Å²) in [5.41, 5.74) is 4.39. The molecule has 0 bridgehead atoms. The minimum Gasteiger partial charge on any atom is -0.480 e. The lowest BCUT2D eigenvalue weighted by Crippen LogP contribution is -2.60. The number of terminal acetylenes is 1. The van der Waals surface area contributed by atoms with Gasteiger partial charge in [-0.15, -0.1) is 12.3 Å². The van der Waals surface area contributed by atoms with Crippen molar-refractivity contribution in [2.45, 2.75) is 30.8 Å². The molecule has 2 unspecified atom stereocenters. The minimum atomic E-state index is -1.07. The van der Waals surface area contributed by atoms with Gasteiger partial charge in [0.05, 0.1) is 0 Å². The molecule has 7 heteroatoms. The number of rotatable bonds is 6. The van der Waals surface area contributed by atoms with Gasteiger partial charge < -0.3 is 20.1 Å². The topological polar surface area (TPSA) is 95.9 Å². The molecular formula is C24H22N2O5. The van der Waals surface area contributed by atoms with Crippen molar-refractivity contribution in [3.63, 3.8) is 0 Å². The highest BCUT2D eigenvalue weighted by atomic mass is 16.5. The Morgan fingerprint density at radius 3 is 2.26 bits per heavy atom. The molecule has 2 aliphatic rings. The molecule has 2 atom stereocenters. The molecule has 31 heavy (non-hydrogen) atoms. The predicted octanol–water partition coefficient (Wildman–Crippen LogP) is 2.60. The minimum absolute atomic E-state index is 0.0497. The predicted molar refractivity (Wildman–Crippen MR) is 113 cm³/mol. The first-order chi connectivity index (χ1) is 15.0. The number of ether oxygens (including phenoxy) is 1. The van der Waals surface area contributed by atoms with Gasteiger partial charge in [0.2, 0.25) is 5.91 Å². The molecule has 0 spiro atoms. The van der Waals surface area contributed by atoms with E-state index in [1.165, 1.54) is 4.90 Å². The van der Waals surface area contributed by atoms with Gasteiger partial charge in [0, 0.05) is 18.9 Å². The van der Waals surface area contributed by atoms with E-state index in [1.807, 2.05) is 48.5 Å². The third kappa shape index (κ3) is 3.84. The molecule has 1 saturated heterocycles. The zero-order chi connectivity index (χ0) is 22.0. The number of nitrogens with zero attached hydrogens (tertiary/aromatic N) is 1. The van der Waals surface area contributed by atoms with Crippen LogP contribution in [0.3, 0.4) is 0 Å². The van der Waals surface area contributed by atoms with Crippen molar-refractivity contribution in [1.82, 2.24) is 10.2 Å². The van der Waals surface area contributed by atoms with Crippen molar-refractivity contribution in [2.75, 3.05) is 13.2 Å². The zero-order valence-electron chi connectivity index (χ0n) is 16.8. The van der Waals surface area contributed by atoms with Crippen LogP contribution in [0, 0.1) is 12.3 Å². The monoisotopic (exact) mass is 418 g/mol. The maximum Gasteiger partial charge on any atom is 0.407 e. The molecule has 1 aliphatic heterocycles. The number of carbonyl (C=O) groups excluding carboxylic acids is 2. The Hall–Kier alpha value is -3.79. The first-order valence-corrected chi connectivity index (χ1v) is 10.1. The van der Waals surface area contributed by atoms with Crippen LogP contribution in [0.25, 0.3) is 11.1 Å². The van der Waals surface area contributed by atoms with Gasteiger partial charge in [0.1, 0.15) is 18.7 Å². The Labute approximate surface area is 180 Å². The molecule has 0 saturated carbocycles. The highest BCUT2D eigenvalue weighted by Crippen LogP contribution is 2.44. The molecule has 2 amide bonds. The molecule has 1 heterocycles. The number of aliphatic carboxylic acids is 1. The van der Waals surface area contributed by atoms with Gasteiger partial charge in [0.15, 0.2) is 0 Å². The van der Waals surface area contributed by atoms with Crippen LogP contribution in [0.4, 0.5) is 4.79 Å². The molecular weight excluding hydrogens is 396 g/mol. The first-order valence-electron chi connectivity index (χ1n) is 10.1. The molecule has 4 rings (SSSR count). The molecule has 158 valence electrons. The van der Waals surface area contributed by atoms with Crippen molar-refractivity contribution < 1.29 is 24.2 Å². The van der Waals surface area contributed by atoms with E-state index in [-0.39, 0.29) is 18.9 Å². The highest BCUT2D eigenvalue weighted by molar-refractivity contribution is 5.90. The normalized spacial score (nSPS) is 17.5. The average Bonchev–Trinajstić information content (AvgIpc) is 3.04. The van der Waals surface area contributed by atoms with Crippen LogP contribution >= 0.6 is 0 Å². The molecule has 1 fully saturated rings. The van der Waals surface area contributed by atoms with Crippen molar-refractivity contribution >= 4 is 18.0 Å². The van der Waals surface area contributed by atoms with E-state index in [1.54, 1.807) is 0 Å². The number of likely N-dealkylation sites (tertiary alicyclic amines) is 1. The van der Waals surface area contributed by atoms with Gasteiger partial charge in [-0.2, -0.15) is 0 Å². The average molecular weight is 418 g/mol. The van der Waals surface area contributed by atoms with Crippen molar-refractivity contribution in [3.05, 3.63) is 59.7 Å². The zero-order valence-corrected chi connectivity index (χ0v) is 16.8. The van der Waals surface area contributed by atoms with Crippen LogP contribution in [0.2, 0.25) is 0 Å². The van der Waals surface area contributed by atoms with Gasteiger partial charge in [-0.3, -0.25) is 4.79 Å². The Balaban J connectivity index is 1.42. The fraction of sp³-hybridized carbons (Fsp3) is 0.292. The lowest BCUT2D eigenvalue weighted by molar-refractivity contribution is -0.158. The number of carboxylic acid groups (broad SMARTS) is 1. The van der Waals surface area contributed by atoms with Crippen molar-refractivity contribution in [2.24, 2.45) is 0 Å². The van der Waals surface area contributed by atoms with Crippen LogP contribution in [-0.2, 0) is 14.3 Å². The van der Waals surface area contributed by atoms with E-state index < -0.39 is 30.1 Å². The maximum atomic E-state index is 12.7. The summed E-state index contributed by atoms with van der Waals surface area (Å²) in [6.45, 7) is 0.432. The number of carbonyl (C=O) groups is 3. The summed E-state index contributed by atoms with van der Waals surface area (Å²) in [4.78, 5) is 37.5. The molecule has 2 aromatic rings. The number of nitrogens with one attached hydrogen (secondary N) is 1. The smallest absolute Gasteiger partial charge is 0.407 e. The maximum absolute atomic E-state index is 12.7. The van der Waals surface area contributed by atoms with Gasteiger partial charge in [0.25, 0.3) is 0 Å². The lowest BCUT2D eigenvalue weighted by Gasteiger charge is -2.39. The van der Waals surface area contributed by atoms with E-state index in [9.17, 15) is 14.4 Å². The Morgan fingerprint density at radius 1 is 1.13 bits per heavy atom. The lowest BCUT2D eigenvalue weighted by atomic mass is 9.98. The number of alkyl carbamates (subject to hydrolysis) is 1. The number of hydrogen-bond acceptors (Lipinski definition) is 4. The third-order valence-corrected chi connectivity index (χ3v) is 5.84. The van der Waals surface area contributed by atoms with Crippen LogP contribution in [0.5, 0.6) is 0 Å². The molecule has 0 radical (unpaired) electrons. The molecule has 2 aromatic carbocycles. The van der Waals surface area contributed by atoms with Gasteiger partial charge in [-0.1, -0.05) is 48.5 Å². The van der Waals surface area contributed by atoms with Gasteiger partial charge in [-0.25, -0.2) is 9.59 Å². The van der Waals surface area contributed by atoms with Crippen molar-refractivity contribution in [3.8, 4) is 23.5 Å². The fourth-order valence-corrected chi connectivity index (χ4v) is 4.21. The van der Waals surface area contributed by atoms with Gasteiger partial charge >= 0.3 is 12.1 Å². The third-order valence-electron chi connectivity index (χ3n) is 5.84. The fourth-order valence-electron chi connectivity index (χ4n) is 4.21. The summed E-state index contributed by atoms with van der Waals surface area (Å²) in [6.07, 6.45) is 4.92. The Kier molecular flexibility index (Phi) is 5.63. The molecule has 7 nitrogen and oxygen atoms in total. The van der Waals surface area contributed by atoms with Crippen LogP contribution in [-0.4, -0.2) is 53.2 Å². The van der Waals surface area contributed by atoms with Gasteiger partial charge in [-0.05, 0) is 28.7 Å². The molecule has 1 aliphatic carbocycles. The summed E-state index contributed by atoms with van der Waals surface area (Å²) < 4.78 is 5.47. The summed E-state index contributed by atoms with van der Waals surface area (Å²) >= 11 is 0. The first kappa shape index (κ1) is 20.5. The Bertz CT molecular complexity index is 1030. The molecule has 0 aromatic heterocycles. The second-order valence-corrected chi connectivity index (χ2v) is 7.61. The quantitative estimate of drug-likeness (QED) is 0.703. The summed E-state index contributed by atoms with van der Waals surface area (Å²) in [6, 6.07) is 14.1. The van der Waals surface area contributed by atoms with E-state index in [4.69, 9.17) is 16.3 Å². The van der Waals surface area contributed by atoms with Crippen LogP contribution in [0.1, 0.15) is 29.9 Å². The second kappa shape index (κ2) is 8.52. The standard InChI is InChI=1S/C24H22N2O5/c1-2-7-20(22(27)26-13-12-21(26)23(28)29)25-24(30)31-14-19-17-10-5-3-8-15(17)16-9-4-6-11-18(16)19/h1,3-6,8-11,19-21H,7,12-14H2,(H,25,30)(H,28,29). The Morgan fingerprint density at radius 2 is 1.74 bits per heavy atom. The summed E-state index contributed by atoms with van der Waals surface area (Å²) in [5.74, 6) is 0.676. The van der Waals surface area contributed by atoms with E-state index in [0.717, 1.165) is 22.3 Å². The number of benzene rings is 2. The summed E-state index contributed by atoms with van der Waals surface area (Å²) in [5, 5.41) is 11.7. The molecule has 2 N–H and O–H groups in total. The number of amides is 2. The second-order valence-electron chi connectivity index (χ2n) is 7.61. The van der Waals surface area contributed by atoms with Crippen molar-refractivity contribution in [1.29, 1.82) is 0 Å². The number of fused-ring (bicyclic) bond motifs is 3. The number of hydrogen-bond donors (Lipinski definition) is 2. The highest BCUT2D eigenvalue weighted by Gasteiger charge is 2.40. The summed E-state index contributed by atoms with van der Waals surface area (Å²) in [7, 11) is 0. The van der Waals surface area contributed by atoms with Crippen LogP contribution < -0.4 is 5.32 Å². The van der Waals surface area contributed by atoms with E-state index >= 15 is 0 Å². The number of carboxylic acids is 1. The SMILES string of the molecule is C#CCC(NC(=O)OCC1c2ccccc2-c2ccccc21)C(=O)N1CCC1C(=O)O. The van der Waals surface area contributed by atoms with E-state index in [0.29, 0.717) is 13.0 Å². The van der Waals surface area contributed by atoms with E-state index in [2.05, 4.69) is 11.2 Å². The largest absolute Gasteiger partial charge is 0.480 e. The van der Waals surface area contributed by atoms with Crippen LogP contribution in [0.15, 0.2) is 48.5 Å².